The van der Waals surface area contributed by atoms with Crippen molar-refractivity contribution in [2.24, 2.45) is 10.9 Å². The number of hydrogen-bond donors (Lipinski definition) is 0. The van der Waals surface area contributed by atoms with E-state index in [1.165, 1.54) is 31.2 Å². The van der Waals surface area contributed by atoms with Gasteiger partial charge < -0.3 is 0 Å². The van der Waals surface area contributed by atoms with E-state index in [1.54, 1.807) is 6.08 Å². The van der Waals surface area contributed by atoms with Crippen LogP contribution in [0.25, 0.3) is 0 Å². The predicted molar refractivity (Wildman–Crippen MR) is 71.2 cm³/mol. The van der Waals surface area contributed by atoms with Crippen LogP contribution in [-0.4, -0.2) is 6.08 Å². The molecule has 0 aliphatic rings. The van der Waals surface area contributed by atoms with Gasteiger partial charge in [0.1, 0.15) is 0 Å². The maximum absolute atomic E-state index is 10.2. The molecule has 0 radical (unpaired) electrons. The lowest BCUT2D eigenvalue weighted by Gasteiger charge is -2.14. The molecule has 0 fully saturated rings. The van der Waals surface area contributed by atoms with Crippen LogP contribution in [-0.2, 0) is 11.2 Å². The summed E-state index contributed by atoms with van der Waals surface area (Å²) < 4.78 is 0. The molecule has 1 rings (SSSR count). The molecule has 0 saturated heterocycles. The molecular formula is C15H21NO. The second kappa shape index (κ2) is 7.81. The Bertz CT molecular complexity index is 380. The van der Waals surface area contributed by atoms with Gasteiger partial charge in [0.2, 0.25) is 6.08 Å². The van der Waals surface area contributed by atoms with Crippen LogP contribution in [0.5, 0.6) is 0 Å². The van der Waals surface area contributed by atoms with Crippen LogP contribution >= 0.6 is 0 Å². The fourth-order valence-electron chi connectivity index (χ4n) is 2.08. The Hall–Kier alpha value is -1.40. The Kier molecular flexibility index (Phi) is 6.27. The van der Waals surface area contributed by atoms with E-state index in [4.69, 9.17) is 0 Å². The predicted octanol–water partition coefficient (Wildman–Crippen LogP) is 4.41. The molecule has 0 aliphatic heterocycles. The summed E-state index contributed by atoms with van der Waals surface area (Å²) in [5, 5.41) is 0. The van der Waals surface area contributed by atoms with Crippen molar-refractivity contribution in [3.05, 3.63) is 29.8 Å². The van der Waals surface area contributed by atoms with Gasteiger partial charge in [-0.05, 0) is 30.0 Å². The van der Waals surface area contributed by atoms with Gasteiger partial charge in [0.15, 0.2) is 0 Å². The van der Waals surface area contributed by atoms with Crippen LogP contribution in [0, 0.1) is 5.92 Å². The Morgan fingerprint density at radius 1 is 1.35 bits per heavy atom. The first kappa shape index (κ1) is 13.7. The van der Waals surface area contributed by atoms with Crippen molar-refractivity contribution < 1.29 is 4.79 Å². The van der Waals surface area contributed by atoms with Crippen LogP contribution in [0.3, 0.4) is 0 Å². The number of unbranched alkanes of at least 4 members (excludes halogenated alkanes) is 1. The highest BCUT2D eigenvalue weighted by molar-refractivity contribution is 5.49. The van der Waals surface area contributed by atoms with E-state index >= 15 is 0 Å². The molecule has 92 valence electrons. The second-order valence-corrected chi connectivity index (χ2v) is 4.49. The molecule has 0 aromatic heterocycles. The summed E-state index contributed by atoms with van der Waals surface area (Å²) in [4.78, 5) is 13.9. The SMILES string of the molecule is CCCCC(CC)Cc1cccc(N=C=O)c1. The summed E-state index contributed by atoms with van der Waals surface area (Å²) in [6.45, 7) is 4.47. The third kappa shape index (κ3) is 4.97. The minimum atomic E-state index is 0.711. The summed E-state index contributed by atoms with van der Waals surface area (Å²) in [5.41, 5.74) is 1.98. The molecule has 1 unspecified atom stereocenters. The fourth-order valence-corrected chi connectivity index (χ4v) is 2.08. The van der Waals surface area contributed by atoms with E-state index in [9.17, 15) is 4.79 Å². The van der Waals surface area contributed by atoms with Gasteiger partial charge in [-0.3, -0.25) is 0 Å². The smallest absolute Gasteiger partial charge is 0.211 e. The zero-order valence-corrected chi connectivity index (χ0v) is 10.8. The Morgan fingerprint density at radius 2 is 2.18 bits per heavy atom. The maximum Gasteiger partial charge on any atom is 0.240 e. The first-order valence-corrected chi connectivity index (χ1v) is 6.47. The fraction of sp³-hybridized carbons (Fsp3) is 0.533. The van der Waals surface area contributed by atoms with Crippen molar-refractivity contribution in [2.75, 3.05) is 0 Å². The third-order valence-electron chi connectivity index (χ3n) is 3.15. The first-order valence-electron chi connectivity index (χ1n) is 6.47. The van der Waals surface area contributed by atoms with E-state index in [2.05, 4.69) is 24.9 Å². The summed E-state index contributed by atoms with van der Waals surface area (Å²) in [5.74, 6) is 0.741. The lowest BCUT2D eigenvalue weighted by Crippen LogP contribution is -2.03. The Balaban J connectivity index is 2.65. The molecule has 0 saturated carbocycles. The molecule has 17 heavy (non-hydrogen) atoms. The van der Waals surface area contributed by atoms with Gasteiger partial charge in [0, 0.05) is 0 Å². The first-order chi connectivity index (χ1) is 8.30. The lowest BCUT2D eigenvalue weighted by atomic mass is 9.92. The van der Waals surface area contributed by atoms with E-state index in [0.717, 1.165) is 12.3 Å². The highest BCUT2D eigenvalue weighted by Gasteiger charge is 2.07. The molecule has 1 aromatic rings. The summed E-state index contributed by atoms with van der Waals surface area (Å²) in [7, 11) is 0. The number of benzene rings is 1. The van der Waals surface area contributed by atoms with Crippen LogP contribution in [0.2, 0.25) is 0 Å². The number of carbonyl (C=O) groups excluding carboxylic acids is 1. The van der Waals surface area contributed by atoms with E-state index < -0.39 is 0 Å². The second-order valence-electron chi connectivity index (χ2n) is 4.49. The standard InChI is InChI=1S/C15H21NO/c1-3-5-7-13(4-2)10-14-8-6-9-15(11-14)16-12-17/h6,8-9,11,13H,3-5,7,10H2,1-2H3. The summed E-state index contributed by atoms with van der Waals surface area (Å²) in [6.07, 6.45) is 7.72. The molecular weight excluding hydrogens is 210 g/mol. The van der Waals surface area contributed by atoms with Gasteiger partial charge in [0.05, 0.1) is 5.69 Å². The number of isocyanates is 1. The molecule has 0 heterocycles. The molecule has 1 atom stereocenters. The van der Waals surface area contributed by atoms with Crippen molar-refractivity contribution in [2.45, 2.75) is 46.0 Å². The Labute approximate surface area is 104 Å². The topological polar surface area (TPSA) is 29.4 Å². The van der Waals surface area contributed by atoms with Crippen molar-refractivity contribution in [1.29, 1.82) is 0 Å². The van der Waals surface area contributed by atoms with Crippen LogP contribution in [0.4, 0.5) is 5.69 Å². The minimum Gasteiger partial charge on any atom is -0.211 e. The van der Waals surface area contributed by atoms with Gasteiger partial charge in [0.25, 0.3) is 0 Å². The highest BCUT2D eigenvalue weighted by Crippen LogP contribution is 2.21. The van der Waals surface area contributed by atoms with Gasteiger partial charge in [-0.25, -0.2) is 4.79 Å². The average molecular weight is 231 g/mol. The number of aliphatic imine (C=N–C) groups is 1. The summed E-state index contributed by atoms with van der Waals surface area (Å²) in [6, 6.07) is 7.89. The molecule has 0 N–H and O–H groups in total. The van der Waals surface area contributed by atoms with Crippen LogP contribution in [0.1, 0.15) is 45.1 Å². The van der Waals surface area contributed by atoms with Crippen molar-refractivity contribution in [3.63, 3.8) is 0 Å². The van der Waals surface area contributed by atoms with E-state index in [-0.39, 0.29) is 0 Å². The highest BCUT2D eigenvalue weighted by atomic mass is 16.1. The number of hydrogen-bond acceptors (Lipinski definition) is 2. The molecule has 2 heteroatoms. The largest absolute Gasteiger partial charge is 0.240 e. The molecule has 2 nitrogen and oxygen atoms in total. The monoisotopic (exact) mass is 231 g/mol. The van der Waals surface area contributed by atoms with Crippen molar-refractivity contribution in [3.8, 4) is 0 Å². The van der Waals surface area contributed by atoms with Gasteiger partial charge >= 0.3 is 0 Å². The molecule has 0 spiro atoms. The van der Waals surface area contributed by atoms with Crippen molar-refractivity contribution >= 4 is 11.8 Å². The quantitative estimate of drug-likeness (QED) is 0.504. The zero-order valence-electron chi connectivity index (χ0n) is 10.8. The van der Waals surface area contributed by atoms with E-state index in [1.807, 2.05) is 18.2 Å². The van der Waals surface area contributed by atoms with Gasteiger partial charge in [-0.1, -0.05) is 51.7 Å². The van der Waals surface area contributed by atoms with E-state index in [0.29, 0.717) is 5.69 Å². The molecule has 0 amide bonds. The molecule has 0 aliphatic carbocycles. The van der Waals surface area contributed by atoms with Crippen LogP contribution in [0.15, 0.2) is 29.3 Å². The average Bonchev–Trinajstić information content (AvgIpc) is 2.35. The lowest BCUT2D eigenvalue weighted by molar-refractivity contribution is 0.449. The molecule has 0 bridgehead atoms. The summed E-state index contributed by atoms with van der Waals surface area (Å²) >= 11 is 0. The normalized spacial score (nSPS) is 11.9. The minimum absolute atomic E-state index is 0.711. The van der Waals surface area contributed by atoms with Gasteiger partial charge in [-0.2, -0.15) is 4.99 Å². The third-order valence-corrected chi connectivity index (χ3v) is 3.15. The number of nitrogens with zero attached hydrogens (tertiary/aromatic N) is 1. The van der Waals surface area contributed by atoms with Crippen LogP contribution < -0.4 is 0 Å². The molecule has 1 aromatic carbocycles. The maximum atomic E-state index is 10.2. The van der Waals surface area contributed by atoms with Crippen molar-refractivity contribution in [1.82, 2.24) is 0 Å². The van der Waals surface area contributed by atoms with Gasteiger partial charge in [-0.15, -0.1) is 0 Å². The zero-order chi connectivity index (χ0) is 12.5. The Morgan fingerprint density at radius 3 is 2.82 bits per heavy atom. The number of rotatable bonds is 7.